The number of rotatable bonds is 4. The van der Waals surface area contributed by atoms with Gasteiger partial charge in [0, 0.05) is 12.6 Å². The van der Waals surface area contributed by atoms with Crippen molar-refractivity contribution in [2.24, 2.45) is 0 Å². The Labute approximate surface area is 119 Å². The van der Waals surface area contributed by atoms with Crippen molar-refractivity contribution < 1.29 is 19.4 Å². The van der Waals surface area contributed by atoms with Crippen LogP contribution in [0, 0.1) is 0 Å². The van der Waals surface area contributed by atoms with Crippen molar-refractivity contribution in [1.29, 1.82) is 0 Å². The molecular formula is C15H21NO4. The van der Waals surface area contributed by atoms with Gasteiger partial charge < -0.3 is 19.5 Å². The normalized spacial score (nSPS) is 22.6. The minimum atomic E-state index is -0.920. The number of ether oxygens (including phenoxy) is 2. The Balaban J connectivity index is 2.44. The average Bonchev–Trinajstić information content (AvgIpc) is 2.46. The number of anilines is 1. The molecule has 0 spiro atoms. The number of morpholine rings is 1. The van der Waals surface area contributed by atoms with Crippen LogP contribution < -0.4 is 9.64 Å². The third-order valence-corrected chi connectivity index (χ3v) is 3.68. The van der Waals surface area contributed by atoms with Crippen LogP contribution in [0.5, 0.6) is 5.75 Å². The maximum absolute atomic E-state index is 11.4. The molecule has 20 heavy (non-hydrogen) atoms. The number of hydrogen-bond acceptors (Lipinski definition) is 4. The fourth-order valence-corrected chi connectivity index (χ4v) is 2.53. The molecule has 5 heteroatoms. The van der Waals surface area contributed by atoms with E-state index in [-0.39, 0.29) is 12.1 Å². The molecule has 0 saturated carbocycles. The van der Waals surface area contributed by atoms with Gasteiger partial charge in [-0.3, -0.25) is 0 Å². The van der Waals surface area contributed by atoms with Crippen LogP contribution in [0.1, 0.15) is 30.6 Å². The Kier molecular flexibility index (Phi) is 4.49. The Hall–Kier alpha value is -1.75. The minimum absolute atomic E-state index is 0.0886. The molecule has 0 aliphatic carbocycles. The highest BCUT2D eigenvalue weighted by molar-refractivity contribution is 5.95. The molecule has 1 aromatic carbocycles. The van der Waals surface area contributed by atoms with Crippen LogP contribution in [0.3, 0.4) is 0 Å². The number of aromatic carboxylic acids is 1. The number of nitrogens with zero attached hydrogens (tertiary/aromatic N) is 1. The van der Waals surface area contributed by atoms with Crippen LogP contribution in [0.2, 0.25) is 0 Å². The van der Waals surface area contributed by atoms with E-state index in [1.165, 1.54) is 0 Å². The monoisotopic (exact) mass is 279 g/mol. The third kappa shape index (κ3) is 2.88. The van der Waals surface area contributed by atoms with Crippen LogP contribution >= 0.6 is 0 Å². The van der Waals surface area contributed by atoms with Crippen LogP contribution in [0.25, 0.3) is 0 Å². The molecule has 1 aromatic rings. The summed E-state index contributed by atoms with van der Waals surface area (Å²) in [7, 11) is 1.58. The average molecular weight is 279 g/mol. The van der Waals surface area contributed by atoms with Gasteiger partial charge in [0.25, 0.3) is 0 Å². The van der Waals surface area contributed by atoms with Crippen molar-refractivity contribution in [3.05, 3.63) is 23.8 Å². The summed E-state index contributed by atoms with van der Waals surface area (Å²) in [6.45, 7) is 5.39. The number of methoxy groups -OCH3 is 1. The molecule has 5 nitrogen and oxygen atoms in total. The number of carboxylic acid groups (broad SMARTS) is 1. The Morgan fingerprint density at radius 3 is 2.90 bits per heavy atom. The second-order valence-corrected chi connectivity index (χ2v) is 5.05. The number of carbonyl (C=O) groups is 1. The summed E-state index contributed by atoms with van der Waals surface area (Å²) in [6.07, 6.45) is 0.994. The van der Waals surface area contributed by atoms with Crippen molar-refractivity contribution in [2.45, 2.75) is 32.4 Å². The second kappa shape index (κ2) is 6.13. The van der Waals surface area contributed by atoms with Crippen molar-refractivity contribution in [3.8, 4) is 5.75 Å². The van der Waals surface area contributed by atoms with Gasteiger partial charge >= 0.3 is 5.97 Å². The van der Waals surface area contributed by atoms with Gasteiger partial charge in [0.1, 0.15) is 5.75 Å². The molecule has 2 rings (SSSR count). The van der Waals surface area contributed by atoms with Crippen molar-refractivity contribution in [1.82, 2.24) is 0 Å². The third-order valence-electron chi connectivity index (χ3n) is 3.68. The zero-order chi connectivity index (χ0) is 14.7. The summed E-state index contributed by atoms with van der Waals surface area (Å²) in [5.41, 5.74) is 1.01. The van der Waals surface area contributed by atoms with E-state index in [1.54, 1.807) is 25.3 Å². The second-order valence-electron chi connectivity index (χ2n) is 5.05. The van der Waals surface area contributed by atoms with Crippen LogP contribution in [0.15, 0.2) is 18.2 Å². The van der Waals surface area contributed by atoms with Crippen molar-refractivity contribution in [3.63, 3.8) is 0 Å². The molecule has 1 fully saturated rings. The zero-order valence-electron chi connectivity index (χ0n) is 12.1. The van der Waals surface area contributed by atoms with Gasteiger partial charge in [-0.25, -0.2) is 4.79 Å². The fourth-order valence-electron chi connectivity index (χ4n) is 2.53. The first kappa shape index (κ1) is 14.7. The lowest BCUT2D eigenvalue weighted by Crippen LogP contribution is -2.49. The predicted octanol–water partition coefficient (Wildman–Crippen LogP) is 2.40. The summed E-state index contributed by atoms with van der Waals surface area (Å²) < 4.78 is 10.9. The summed E-state index contributed by atoms with van der Waals surface area (Å²) in [5, 5.41) is 9.39. The molecule has 110 valence electrons. The Morgan fingerprint density at radius 2 is 2.30 bits per heavy atom. The molecule has 1 heterocycles. The summed E-state index contributed by atoms with van der Waals surface area (Å²) in [5.74, 6) is -0.254. The zero-order valence-corrected chi connectivity index (χ0v) is 12.1. The topological polar surface area (TPSA) is 59.0 Å². The van der Waals surface area contributed by atoms with Gasteiger partial charge in [-0.2, -0.15) is 0 Å². The smallest absolute Gasteiger partial charge is 0.337 e. The largest absolute Gasteiger partial charge is 0.497 e. The van der Waals surface area contributed by atoms with Gasteiger partial charge in [-0.15, -0.1) is 0 Å². The van der Waals surface area contributed by atoms with E-state index in [2.05, 4.69) is 11.8 Å². The van der Waals surface area contributed by atoms with Gasteiger partial charge in [-0.1, -0.05) is 6.92 Å². The maximum atomic E-state index is 11.4. The minimum Gasteiger partial charge on any atom is -0.497 e. The van der Waals surface area contributed by atoms with Gasteiger partial charge in [0.2, 0.25) is 0 Å². The lowest BCUT2D eigenvalue weighted by molar-refractivity contribution is 0.0297. The van der Waals surface area contributed by atoms with Gasteiger partial charge in [0.15, 0.2) is 0 Å². The molecule has 0 amide bonds. The van der Waals surface area contributed by atoms with E-state index in [0.717, 1.165) is 6.42 Å². The van der Waals surface area contributed by atoms with Crippen LogP contribution in [-0.4, -0.2) is 43.5 Å². The van der Waals surface area contributed by atoms with E-state index in [9.17, 15) is 9.90 Å². The van der Waals surface area contributed by atoms with Crippen molar-refractivity contribution in [2.75, 3.05) is 25.2 Å². The van der Waals surface area contributed by atoms with E-state index < -0.39 is 5.97 Å². The SMILES string of the molecule is CCC1COC(C)CN1c1cc(OC)ccc1C(=O)O. The number of hydrogen-bond donors (Lipinski definition) is 1. The van der Waals surface area contributed by atoms with E-state index in [4.69, 9.17) is 9.47 Å². The molecule has 0 bridgehead atoms. The first-order valence-electron chi connectivity index (χ1n) is 6.86. The predicted molar refractivity (Wildman–Crippen MR) is 76.8 cm³/mol. The Bertz CT molecular complexity index is 489. The first-order chi connectivity index (χ1) is 9.56. The summed E-state index contributed by atoms with van der Waals surface area (Å²) in [6, 6.07) is 5.27. The van der Waals surface area contributed by atoms with E-state index in [1.807, 2.05) is 6.92 Å². The van der Waals surface area contributed by atoms with Gasteiger partial charge in [-0.05, 0) is 25.5 Å². The molecule has 0 radical (unpaired) electrons. The lowest BCUT2D eigenvalue weighted by atomic mass is 10.1. The highest BCUT2D eigenvalue weighted by Gasteiger charge is 2.28. The molecule has 1 aliphatic heterocycles. The highest BCUT2D eigenvalue weighted by Crippen LogP contribution is 2.30. The molecule has 1 saturated heterocycles. The first-order valence-corrected chi connectivity index (χ1v) is 6.86. The van der Waals surface area contributed by atoms with E-state index >= 15 is 0 Å². The quantitative estimate of drug-likeness (QED) is 0.917. The lowest BCUT2D eigenvalue weighted by Gasteiger charge is -2.40. The molecular weight excluding hydrogens is 258 g/mol. The molecule has 1 N–H and O–H groups in total. The summed E-state index contributed by atoms with van der Waals surface area (Å²) in [4.78, 5) is 13.6. The fraction of sp³-hybridized carbons (Fsp3) is 0.533. The van der Waals surface area contributed by atoms with Gasteiger partial charge in [0.05, 0.1) is 37.1 Å². The van der Waals surface area contributed by atoms with Crippen LogP contribution in [-0.2, 0) is 4.74 Å². The molecule has 2 unspecified atom stereocenters. The molecule has 2 atom stereocenters. The standard InChI is InChI=1S/C15H21NO4/c1-4-11-9-20-10(2)8-16(11)14-7-12(19-3)5-6-13(14)15(17)18/h5-7,10-11H,4,8-9H2,1-3H3,(H,17,18). The van der Waals surface area contributed by atoms with Crippen LogP contribution in [0.4, 0.5) is 5.69 Å². The van der Waals surface area contributed by atoms with E-state index in [0.29, 0.717) is 30.2 Å². The summed E-state index contributed by atoms with van der Waals surface area (Å²) >= 11 is 0. The molecule has 0 aromatic heterocycles. The molecule has 1 aliphatic rings. The highest BCUT2D eigenvalue weighted by atomic mass is 16.5. The van der Waals surface area contributed by atoms with Crippen molar-refractivity contribution >= 4 is 11.7 Å². The number of benzene rings is 1. The number of carboxylic acids is 1. The Morgan fingerprint density at radius 1 is 1.55 bits per heavy atom. The maximum Gasteiger partial charge on any atom is 0.337 e.